The molecule has 0 radical (unpaired) electrons. The van der Waals surface area contributed by atoms with Crippen LogP contribution in [0.15, 0.2) is 48.7 Å². The van der Waals surface area contributed by atoms with Gasteiger partial charge in [0.25, 0.3) is 0 Å². The smallest absolute Gasteiger partial charge is 0.118 e. The fraction of sp³-hybridized carbons (Fsp3) is 0.111. The lowest BCUT2D eigenvalue weighted by Gasteiger charge is -2.10. The second kappa shape index (κ2) is 5.25. The van der Waals surface area contributed by atoms with Gasteiger partial charge in [-0.1, -0.05) is 35.9 Å². The molecule has 0 aliphatic carbocycles. The summed E-state index contributed by atoms with van der Waals surface area (Å²) >= 11 is 6.71. The van der Waals surface area contributed by atoms with Gasteiger partial charge in [0, 0.05) is 12.4 Å². The van der Waals surface area contributed by atoms with Gasteiger partial charge in [-0.2, -0.15) is 5.10 Å². The highest BCUT2D eigenvalue weighted by molar-refractivity contribution is 6.41. The van der Waals surface area contributed by atoms with Crippen molar-refractivity contribution in [3.63, 3.8) is 0 Å². The van der Waals surface area contributed by atoms with Crippen LogP contribution in [0.4, 0.5) is 0 Å². The van der Waals surface area contributed by atoms with Gasteiger partial charge in [0.2, 0.25) is 0 Å². The van der Waals surface area contributed by atoms with Crippen molar-refractivity contribution in [3.8, 4) is 16.9 Å². The fourth-order valence-corrected chi connectivity index (χ4v) is 3.30. The maximum atomic E-state index is 6.71. The van der Waals surface area contributed by atoms with Gasteiger partial charge in [-0.25, -0.2) is 4.98 Å². The van der Waals surface area contributed by atoms with Gasteiger partial charge in [0.05, 0.1) is 23.8 Å². The van der Waals surface area contributed by atoms with Gasteiger partial charge >= 0.3 is 0 Å². The molecular weight excluding hydrogens is 310 g/mol. The number of rotatable bonds is 2. The average Bonchev–Trinajstić information content (AvgIpc) is 2.96. The Morgan fingerprint density at radius 1 is 1.04 bits per heavy atom. The third kappa shape index (κ3) is 2.14. The number of methoxy groups -OCH3 is 1. The lowest BCUT2D eigenvalue weighted by atomic mass is 10.00. The Bertz CT molecular complexity index is 1020. The summed E-state index contributed by atoms with van der Waals surface area (Å²) in [6.45, 7) is 0. The van der Waals surface area contributed by atoms with Gasteiger partial charge in [-0.15, -0.1) is 0 Å². The first-order valence-electron chi connectivity index (χ1n) is 7.23. The Kier molecular flexibility index (Phi) is 3.20. The van der Waals surface area contributed by atoms with Crippen molar-refractivity contribution < 1.29 is 4.74 Å². The van der Waals surface area contributed by atoms with E-state index >= 15 is 0 Å². The number of aromatic nitrogens is 3. The van der Waals surface area contributed by atoms with Gasteiger partial charge in [0.1, 0.15) is 16.8 Å². The molecule has 0 spiro atoms. The van der Waals surface area contributed by atoms with Crippen molar-refractivity contribution >= 4 is 33.5 Å². The number of aryl methyl sites for hydroxylation is 1. The molecule has 4 nitrogen and oxygen atoms in total. The molecule has 0 saturated heterocycles. The highest BCUT2D eigenvalue weighted by Gasteiger charge is 2.15. The minimum absolute atomic E-state index is 0.677. The minimum atomic E-state index is 0.677. The van der Waals surface area contributed by atoms with E-state index in [-0.39, 0.29) is 0 Å². The Morgan fingerprint density at radius 3 is 2.57 bits per heavy atom. The first-order chi connectivity index (χ1) is 11.2. The predicted octanol–water partition coefficient (Wildman–Crippen LogP) is 4.45. The van der Waals surface area contributed by atoms with E-state index in [2.05, 4.69) is 16.1 Å². The molecule has 0 amide bonds. The van der Waals surface area contributed by atoms with Crippen LogP contribution in [0.1, 0.15) is 0 Å². The number of benzene rings is 2. The molecule has 2 aromatic carbocycles. The van der Waals surface area contributed by atoms with Crippen molar-refractivity contribution in [1.82, 2.24) is 14.8 Å². The first-order valence-corrected chi connectivity index (χ1v) is 7.61. The zero-order valence-corrected chi connectivity index (χ0v) is 13.5. The van der Waals surface area contributed by atoms with E-state index in [0.29, 0.717) is 5.02 Å². The summed E-state index contributed by atoms with van der Waals surface area (Å²) in [5.74, 6) is 0.826. The molecular formula is C18H14ClN3O. The van der Waals surface area contributed by atoms with E-state index in [1.165, 1.54) is 0 Å². The van der Waals surface area contributed by atoms with Crippen LogP contribution < -0.4 is 4.74 Å². The number of pyridine rings is 1. The molecule has 0 unspecified atom stereocenters. The maximum Gasteiger partial charge on any atom is 0.118 e. The molecule has 0 aliphatic heterocycles. The summed E-state index contributed by atoms with van der Waals surface area (Å²) in [6.07, 6.45) is 1.74. The van der Waals surface area contributed by atoms with E-state index < -0.39 is 0 Å². The van der Waals surface area contributed by atoms with Crippen molar-refractivity contribution in [2.24, 2.45) is 7.05 Å². The normalized spacial score (nSPS) is 11.3. The molecule has 0 atom stereocenters. The summed E-state index contributed by atoms with van der Waals surface area (Å²) in [5, 5.41) is 5.88. The second-order valence-electron chi connectivity index (χ2n) is 5.36. The van der Waals surface area contributed by atoms with Crippen molar-refractivity contribution in [2.75, 3.05) is 7.11 Å². The fourth-order valence-electron chi connectivity index (χ4n) is 2.89. The van der Waals surface area contributed by atoms with Crippen LogP contribution in [0.25, 0.3) is 33.1 Å². The monoisotopic (exact) mass is 323 g/mol. The molecule has 0 fully saturated rings. The average molecular weight is 324 g/mol. The van der Waals surface area contributed by atoms with Gasteiger partial charge in [-0.05, 0) is 29.3 Å². The van der Waals surface area contributed by atoms with Crippen LogP contribution in [0.5, 0.6) is 5.75 Å². The minimum Gasteiger partial charge on any atom is -0.497 e. The first kappa shape index (κ1) is 14.0. The largest absolute Gasteiger partial charge is 0.497 e. The molecule has 0 saturated carbocycles. The molecule has 0 N–H and O–H groups in total. The van der Waals surface area contributed by atoms with Crippen LogP contribution >= 0.6 is 11.6 Å². The summed E-state index contributed by atoms with van der Waals surface area (Å²) < 4.78 is 6.99. The number of ether oxygens (including phenoxy) is 1. The standard InChI is InChI=1S/C18H14ClN3O/c1-22-18-15(10-20-22)21-14-5-3-4-13(16(14)17(18)19)11-6-8-12(23-2)9-7-11/h3-10H,1-2H3. The molecule has 0 bridgehead atoms. The van der Waals surface area contributed by atoms with Gasteiger partial charge in [-0.3, -0.25) is 4.68 Å². The van der Waals surface area contributed by atoms with Crippen molar-refractivity contribution in [2.45, 2.75) is 0 Å². The van der Waals surface area contributed by atoms with E-state index in [1.807, 2.05) is 43.4 Å². The number of fused-ring (bicyclic) bond motifs is 2. The SMILES string of the molecule is COc1ccc(-c2cccc3nc4cnn(C)c4c(Cl)c23)cc1. The lowest BCUT2D eigenvalue weighted by molar-refractivity contribution is 0.415. The number of nitrogens with zero attached hydrogens (tertiary/aromatic N) is 3. The number of hydrogen-bond donors (Lipinski definition) is 0. The molecule has 4 rings (SSSR count). The van der Waals surface area contributed by atoms with Crippen molar-refractivity contribution in [1.29, 1.82) is 0 Å². The third-order valence-corrected chi connectivity index (χ3v) is 4.40. The van der Waals surface area contributed by atoms with E-state index in [9.17, 15) is 0 Å². The molecule has 5 heteroatoms. The molecule has 2 aromatic heterocycles. The second-order valence-corrected chi connectivity index (χ2v) is 5.73. The zero-order valence-electron chi connectivity index (χ0n) is 12.7. The van der Waals surface area contributed by atoms with Crippen LogP contribution in [-0.4, -0.2) is 21.9 Å². The summed E-state index contributed by atoms with van der Waals surface area (Å²) in [5.41, 5.74) is 4.63. The highest BCUT2D eigenvalue weighted by Crippen LogP contribution is 2.37. The quantitative estimate of drug-likeness (QED) is 0.547. The Labute approximate surface area is 138 Å². The van der Waals surface area contributed by atoms with Gasteiger partial charge < -0.3 is 4.74 Å². The summed E-state index contributed by atoms with van der Waals surface area (Å²) in [4.78, 5) is 4.69. The summed E-state index contributed by atoms with van der Waals surface area (Å²) in [6, 6.07) is 14.0. The Morgan fingerprint density at radius 2 is 1.83 bits per heavy atom. The van der Waals surface area contributed by atoms with Crippen LogP contribution in [0.3, 0.4) is 0 Å². The molecule has 23 heavy (non-hydrogen) atoms. The zero-order chi connectivity index (χ0) is 16.0. The molecule has 114 valence electrons. The maximum absolute atomic E-state index is 6.71. The number of halogens is 1. The van der Waals surface area contributed by atoms with Gasteiger partial charge in [0.15, 0.2) is 0 Å². The topological polar surface area (TPSA) is 39.9 Å². The molecule has 2 heterocycles. The van der Waals surface area contributed by atoms with E-state index in [4.69, 9.17) is 16.3 Å². The number of hydrogen-bond acceptors (Lipinski definition) is 3. The lowest BCUT2D eigenvalue weighted by Crippen LogP contribution is -1.93. The van der Waals surface area contributed by atoms with E-state index in [1.54, 1.807) is 18.0 Å². The van der Waals surface area contributed by atoms with Crippen LogP contribution in [-0.2, 0) is 7.05 Å². The Hall–Kier alpha value is -2.59. The third-order valence-electron chi connectivity index (χ3n) is 4.03. The van der Waals surface area contributed by atoms with Crippen LogP contribution in [0, 0.1) is 0 Å². The molecule has 4 aromatic rings. The Balaban J connectivity index is 2.06. The highest BCUT2D eigenvalue weighted by atomic mass is 35.5. The van der Waals surface area contributed by atoms with Crippen LogP contribution in [0.2, 0.25) is 5.02 Å². The molecule has 0 aliphatic rings. The summed E-state index contributed by atoms with van der Waals surface area (Å²) in [7, 11) is 3.53. The van der Waals surface area contributed by atoms with E-state index in [0.717, 1.165) is 38.8 Å². The predicted molar refractivity (Wildman–Crippen MR) is 93.0 cm³/mol. The van der Waals surface area contributed by atoms with Crippen molar-refractivity contribution in [3.05, 3.63) is 53.7 Å².